The highest BCUT2D eigenvalue weighted by Crippen LogP contribution is 2.31. The van der Waals surface area contributed by atoms with Crippen LogP contribution in [0.1, 0.15) is 23.2 Å². The van der Waals surface area contributed by atoms with E-state index >= 15 is 0 Å². The van der Waals surface area contributed by atoms with E-state index in [-0.39, 0.29) is 12.5 Å². The number of para-hydroxylation sites is 1. The summed E-state index contributed by atoms with van der Waals surface area (Å²) in [7, 11) is 1.55. The minimum absolute atomic E-state index is 0.0446. The first-order valence-corrected chi connectivity index (χ1v) is 9.31. The van der Waals surface area contributed by atoms with Gasteiger partial charge in [0.05, 0.1) is 5.69 Å². The smallest absolute Gasteiger partial charge is 0.248 e. The molecule has 1 saturated heterocycles. The SMILES string of the molecule is COCC(=O)N1CCCN(c2ncnc3c2Cc2ccccc2OC3)CC1. The van der Waals surface area contributed by atoms with Gasteiger partial charge >= 0.3 is 0 Å². The molecular formula is C20H24N4O3. The van der Waals surface area contributed by atoms with E-state index in [0.717, 1.165) is 60.9 Å². The van der Waals surface area contributed by atoms with Crippen molar-refractivity contribution in [3.8, 4) is 5.75 Å². The molecule has 1 amide bonds. The third-order valence-electron chi connectivity index (χ3n) is 5.13. The molecule has 27 heavy (non-hydrogen) atoms. The number of nitrogens with zero attached hydrogens (tertiary/aromatic N) is 4. The van der Waals surface area contributed by atoms with Gasteiger partial charge in [-0.25, -0.2) is 9.97 Å². The van der Waals surface area contributed by atoms with Crippen LogP contribution < -0.4 is 9.64 Å². The van der Waals surface area contributed by atoms with Gasteiger partial charge in [0.2, 0.25) is 5.91 Å². The van der Waals surface area contributed by atoms with Crippen molar-refractivity contribution in [3.63, 3.8) is 0 Å². The zero-order valence-corrected chi connectivity index (χ0v) is 15.6. The maximum absolute atomic E-state index is 12.1. The summed E-state index contributed by atoms with van der Waals surface area (Å²) in [6, 6.07) is 8.11. The Labute approximate surface area is 158 Å². The number of ether oxygens (including phenoxy) is 2. The van der Waals surface area contributed by atoms with E-state index < -0.39 is 0 Å². The number of benzene rings is 1. The zero-order chi connectivity index (χ0) is 18.6. The Morgan fingerprint density at radius 2 is 2.07 bits per heavy atom. The maximum atomic E-state index is 12.1. The van der Waals surface area contributed by atoms with Crippen LogP contribution in [0.5, 0.6) is 5.75 Å². The van der Waals surface area contributed by atoms with Gasteiger partial charge in [0.25, 0.3) is 0 Å². The maximum Gasteiger partial charge on any atom is 0.248 e. The quantitative estimate of drug-likeness (QED) is 0.821. The number of amides is 1. The number of methoxy groups -OCH3 is 1. The minimum Gasteiger partial charge on any atom is -0.487 e. The van der Waals surface area contributed by atoms with E-state index in [1.807, 2.05) is 23.1 Å². The summed E-state index contributed by atoms with van der Waals surface area (Å²) in [6.45, 7) is 3.63. The molecule has 0 aliphatic carbocycles. The van der Waals surface area contributed by atoms with Crippen LogP contribution in [0.15, 0.2) is 30.6 Å². The molecule has 0 N–H and O–H groups in total. The van der Waals surface area contributed by atoms with Crippen LogP contribution in [0.3, 0.4) is 0 Å². The van der Waals surface area contributed by atoms with Crippen LogP contribution in [0.4, 0.5) is 5.82 Å². The van der Waals surface area contributed by atoms with Gasteiger partial charge < -0.3 is 19.3 Å². The predicted molar refractivity (Wildman–Crippen MR) is 101 cm³/mol. The number of hydrogen-bond donors (Lipinski definition) is 0. The van der Waals surface area contributed by atoms with Crippen molar-refractivity contribution in [1.29, 1.82) is 0 Å². The highest BCUT2D eigenvalue weighted by atomic mass is 16.5. The predicted octanol–water partition coefficient (Wildman–Crippen LogP) is 1.64. The molecule has 4 rings (SSSR count). The van der Waals surface area contributed by atoms with E-state index in [0.29, 0.717) is 13.2 Å². The van der Waals surface area contributed by atoms with Gasteiger partial charge in [-0.05, 0) is 18.1 Å². The van der Waals surface area contributed by atoms with Gasteiger partial charge in [0.1, 0.15) is 31.1 Å². The molecule has 2 aliphatic rings. The summed E-state index contributed by atoms with van der Waals surface area (Å²) in [4.78, 5) is 25.4. The topological polar surface area (TPSA) is 67.8 Å². The highest BCUT2D eigenvalue weighted by molar-refractivity contribution is 5.77. The summed E-state index contributed by atoms with van der Waals surface area (Å²) in [6.07, 6.45) is 3.28. The second kappa shape index (κ2) is 7.92. The Morgan fingerprint density at radius 3 is 2.96 bits per heavy atom. The van der Waals surface area contributed by atoms with Crippen molar-refractivity contribution in [2.24, 2.45) is 0 Å². The molecule has 1 aromatic heterocycles. The van der Waals surface area contributed by atoms with E-state index in [9.17, 15) is 4.79 Å². The van der Waals surface area contributed by atoms with Gasteiger partial charge in [-0.3, -0.25) is 4.79 Å². The molecule has 7 nitrogen and oxygen atoms in total. The molecule has 3 heterocycles. The first kappa shape index (κ1) is 17.7. The molecule has 0 saturated carbocycles. The molecule has 0 bridgehead atoms. The Balaban J connectivity index is 1.58. The fourth-order valence-corrected chi connectivity index (χ4v) is 3.74. The van der Waals surface area contributed by atoms with Crippen molar-refractivity contribution in [2.75, 3.05) is 44.8 Å². The van der Waals surface area contributed by atoms with E-state index in [1.165, 1.54) is 0 Å². The number of hydrogen-bond acceptors (Lipinski definition) is 6. The summed E-state index contributed by atoms with van der Waals surface area (Å²) < 4.78 is 10.9. The first-order chi connectivity index (χ1) is 13.3. The number of carbonyl (C=O) groups is 1. The van der Waals surface area contributed by atoms with Crippen molar-refractivity contribution in [1.82, 2.24) is 14.9 Å². The molecule has 2 aromatic rings. The van der Waals surface area contributed by atoms with Gasteiger partial charge in [-0.1, -0.05) is 18.2 Å². The molecule has 2 aliphatic heterocycles. The summed E-state index contributed by atoms with van der Waals surface area (Å²) in [5, 5.41) is 0. The largest absolute Gasteiger partial charge is 0.487 e. The monoisotopic (exact) mass is 368 g/mol. The molecule has 1 aromatic carbocycles. The number of fused-ring (bicyclic) bond motifs is 2. The minimum atomic E-state index is 0.0446. The number of anilines is 1. The lowest BCUT2D eigenvalue weighted by Gasteiger charge is -2.25. The molecule has 7 heteroatoms. The lowest BCUT2D eigenvalue weighted by atomic mass is 10.0. The van der Waals surface area contributed by atoms with Crippen LogP contribution in [0.2, 0.25) is 0 Å². The lowest BCUT2D eigenvalue weighted by Crippen LogP contribution is -2.37. The van der Waals surface area contributed by atoms with E-state index in [1.54, 1.807) is 13.4 Å². The zero-order valence-electron chi connectivity index (χ0n) is 15.6. The Hall–Kier alpha value is -2.67. The lowest BCUT2D eigenvalue weighted by molar-refractivity contribution is -0.134. The molecule has 0 atom stereocenters. The summed E-state index contributed by atoms with van der Waals surface area (Å²) >= 11 is 0. The van der Waals surface area contributed by atoms with Crippen molar-refractivity contribution >= 4 is 11.7 Å². The molecule has 0 radical (unpaired) electrons. The average Bonchev–Trinajstić information content (AvgIpc) is 3.04. The summed E-state index contributed by atoms with van der Waals surface area (Å²) in [5.41, 5.74) is 3.21. The Morgan fingerprint density at radius 1 is 1.19 bits per heavy atom. The van der Waals surface area contributed by atoms with Crippen LogP contribution in [-0.4, -0.2) is 60.7 Å². The standard InChI is InChI=1S/C20H24N4O3/c1-26-13-19(25)23-7-4-8-24(10-9-23)20-16-11-15-5-2-3-6-18(15)27-12-17(16)21-14-22-20/h2-3,5-6,14H,4,7-13H2,1H3. The second-order valence-corrected chi connectivity index (χ2v) is 6.85. The highest BCUT2D eigenvalue weighted by Gasteiger charge is 2.25. The summed E-state index contributed by atoms with van der Waals surface area (Å²) in [5.74, 6) is 1.91. The van der Waals surface area contributed by atoms with Crippen LogP contribution in [0, 0.1) is 0 Å². The second-order valence-electron chi connectivity index (χ2n) is 6.85. The molecule has 142 valence electrons. The van der Waals surface area contributed by atoms with E-state index in [4.69, 9.17) is 9.47 Å². The molecule has 0 unspecified atom stereocenters. The van der Waals surface area contributed by atoms with Gasteiger partial charge in [0.15, 0.2) is 0 Å². The van der Waals surface area contributed by atoms with Gasteiger partial charge in [0, 0.05) is 45.3 Å². The average molecular weight is 368 g/mol. The normalized spacial score (nSPS) is 16.6. The van der Waals surface area contributed by atoms with Crippen molar-refractivity contribution in [2.45, 2.75) is 19.4 Å². The van der Waals surface area contributed by atoms with Gasteiger partial charge in [-0.2, -0.15) is 0 Å². The molecule has 0 spiro atoms. The van der Waals surface area contributed by atoms with Gasteiger partial charge in [-0.15, -0.1) is 0 Å². The van der Waals surface area contributed by atoms with Crippen LogP contribution in [-0.2, 0) is 22.6 Å². The fraction of sp³-hybridized carbons (Fsp3) is 0.450. The van der Waals surface area contributed by atoms with Crippen molar-refractivity contribution < 1.29 is 14.3 Å². The third-order valence-corrected chi connectivity index (χ3v) is 5.13. The molecular weight excluding hydrogens is 344 g/mol. The van der Waals surface area contributed by atoms with E-state index in [2.05, 4.69) is 20.9 Å². The van der Waals surface area contributed by atoms with Crippen molar-refractivity contribution in [3.05, 3.63) is 47.4 Å². The Kier molecular flexibility index (Phi) is 5.20. The van der Waals surface area contributed by atoms with Crippen LogP contribution >= 0.6 is 0 Å². The number of aromatic nitrogens is 2. The first-order valence-electron chi connectivity index (χ1n) is 9.31. The fourth-order valence-electron chi connectivity index (χ4n) is 3.74. The third kappa shape index (κ3) is 3.73. The number of carbonyl (C=O) groups excluding carboxylic acids is 1. The number of rotatable bonds is 3. The molecule has 1 fully saturated rings. The van der Waals surface area contributed by atoms with Crippen LogP contribution in [0.25, 0.3) is 0 Å². The Bertz CT molecular complexity index is 827.